The zero-order valence-electron chi connectivity index (χ0n) is 16.0. The molecule has 1 saturated heterocycles. The van der Waals surface area contributed by atoms with Crippen LogP contribution in [0.4, 0.5) is 5.69 Å². The molecule has 0 spiro atoms. The predicted molar refractivity (Wildman–Crippen MR) is 104 cm³/mol. The van der Waals surface area contributed by atoms with Crippen molar-refractivity contribution < 1.29 is 17.8 Å². The highest BCUT2D eigenvalue weighted by atomic mass is 32.2. The van der Waals surface area contributed by atoms with E-state index in [2.05, 4.69) is 5.32 Å². The molecule has 1 aliphatic rings. The lowest BCUT2D eigenvalue weighted by molar-refractivity contribution is -0.711. The van der Waals surface area contributed by atoms with Gasteiger partial charge in [-0.2, -0.15) is 8.87 Å². The summed E-state index contributed by atoms with van der Waals surface area (Å²) in [6, 6.07) is 9.94. The van der Waals surface area contributed by atoms with Crippen LogP contribution in [0.3, 0.4) is 0 Å². The first-order chi connectivity index (χ1) is 12.8. The number of aromatic nitrogens is 1. The van der Waals surface area contributed by atoms with Gasteiger partial charge in [0.1, 0.15) is 0 Å². The zero-order chi connectivity index (χ0) is 19.6. The van der Waals surface area contributed by atoms with Crippen LogP contribution in [0.1, 0.15) is 37.1 Å². The van der Waals surface area contributed by atoms with Crippen LogP contribution < -0.4 is 9.88 Å². The van der Waals surface area contributed by atoms with Crippen LogP contribution in [0, 0.1) is 13.8 Å². The number of sulfonamides is 1. The number of amides is 1. The number of anilines is 1. The maximum absolute atomic E-state index is 12.6. The Kier molecular flexibility index (Phi) is 5.62. The number of rotatable bonds is 5. The lowest BCUT2D eigenvalue weighted by Gasteiger charge is -2.16. The maximum Gasteiger partial charge on any atom is 0.293 e. The minimum absolute atomic E-state index is 0.149. The quantitative estimate of drug-likeness (QED) is 0.801. The number of benzene rings is 1. The van der Waals surface area contributed by atoms with E-state index in [4.69, 9.17) is 0 Å². The Morgan fingerprint density at radius 3 is 2.37 bits per heavy atom. The van der Waals surface area contributed by atoms with Crippen LogP contribution >= 0.6 is 0 Å². The topological polar surface area (TPSA) is 70.4 Å². The van der Waals surface area contributed by atoms with E-state index in [0.717, 1.165) is 24.1 Å². The number of nitrogens with zero attached hydrogens (tertiary/aromatic N) is 2. The van der Waals surface area contributed by atoms with Crippen LogP contribution in [0.2, 0.25) is 0 Å². The molecule has 144 valence electrons. The molecule has 2 aromatic rings. The van der Waals surface area contributed by atoms with Gasteiger partial charge >= 0.3 is 0 Å². The first-order valence-corrected chi connectivity index (χ1v) is 10.6. The fourth-order valence-electron chi connectivity index (χ4n) is 3.30. The highest BCUT2D eigenvalue weighted by molar-refractivity contribution is 7.89. The summed E-state index contributed by atoms with van der Waals surface area (Å²) >= 11 is 0. The van der Waals surface area contributed by atoms with E-state index in [1.165, 1.54) is 4.31 Å². The number of hydrogen-bond acceptors (Lipinski definition) is 3. The monoisotopic (exact) mass is 388 g/mol. The van der Waals surface area contributed by atoms with Crippen molar-refractivity contribution in [2.75, 3.05) is 18.4 Å². The fourth-order valence-corrected chi connectivity index (χ4v) is 4.81. The van der Waals surface area contributed by atoms with Crippen LogP contribution in [-0.4, -0.2) is 31.7 Å². The Morgan fingerprint density at radius 1 is 1.11 bits per heavy atom. The predicted octanol–water partition coefficient (Wildman–Crippen LogP) is 2.58. The summed E-state index contributed by atoms with van der Waals surface area (Å²) in [5.41, 5.74) is 2.74. The molecule has 1 fully saturated rings. The van der Waals surface area contributed by atoms with Crippen LogP contribution in [0.25, 0.3) is 0 Å². The van der Waals surface area contributed by atoms with Gasteiger partial charge in [0.05, 0.1) is 4.90 Å². The van der Waals surface area contributed by atoms with Crippen molar-refractivity contribution in [3.05, 3.63) is 53.9 Å². The summed E-state index contributed by atoms with van der Waals surface area (Å²) in [4.78, 5) is 12.9. The van der Waals surface area contributed by atoms with Gasteiger partial charge in [-0.05, 0) is 50.1 Å². The first-order valence-electron chi connectivity index (χ1n) is 9.19. The van der Waals surface area contributed by atoms with E-state index in [-0.39, 0.29) is 16.8 Å². The standard InChI is InChI=1S/C20H25N3O3S/c1-15-7-6-14-23(16(15)2)17(3)20(24)21-18-8-10-19(11-9-18)27(25,26)22-12-4-5-13-22/h6-11,14,17H,4-5,12-13H2,1-3H3/p+1/t17-/m1/s1. The number of carbonyl (C=O) groups excluding carboxylic acids is 1. The third-order valence-electron chi connectivity index (χ3n) is 5.17. The fraction of sp³-hybridized carbons (Fsp3) is 0.400. The van der Waals surface area contributed by atoms with Crippen molar-refractivity contribution in [2.45, 2.75) is 44.6 Å². The van der Waals surface area contributed by atoms with Gasteiger partial charge in [-0.15, -0.1) is 0 Å². The second kappa shape index (κ2) is 7.78. The van der Waals surface area contributed by atoms with Gasteiger partial charge in [0.15, 0.2) is 11.9 Å². The van der Waals surface area contributed by atoms with E-state index in [1.807, 2.05) is 43.7 Å². The third-order valence-corrected chi connectivity index (χ3v) is 7.09. The Hall–Kier alpha value is -2.25. The lowest BCUT2D eigenvalue weighted by Crippen LogP contribution is -2.47. The number of hydrogen-bond donors (Lipinski definition) is 1. The van der Waals surface area contributed by atoms with Crippen LogP contribution in [-0.2, 0) is 14.8 Å². The molecule has 0 bridgehead atoms. The van der Waals surface area contributed by atoms with Crippen molar-refractivity contribution in [2.24, 2.45) is 0 Å². The molecule has 27 heavy (non-hydrogen) atoms. The molecule has 6 nitrogen and oxygen atoms in total. The molecule has 0 saturated carbocycles. The molecular formula is C20H26N3O3S+. The largest absolute Gasteiger partial charge is 0.320 e. The van der Waals surface area contributed by atoms with Crippen LogP contribution in [0.15, 0.2) is 47.5 Å². The zero-order valence-corrected chi connectivity index (χ0v) is 16.8. The molecule has 1 amide bonds. The number of pyridine rings is 1. The smallest absolute Gasteiger partial charge is 0.293 e. The Labute approximate surface area is 160 Å². The van der Waals surface area contributed by atoms with Crippen molar-refractivity contribution >= 4 is 21.6 Å². The molecule has 1 aromatic heterocycles. The van der Waals surface area contributed by atoms with E-state index in [9.17, 15) is 13.2 Å². The molecule has 1 N–H and O–H groups in total. The van der Waals surface area contributed by atoms with Gasteiger partial charge < -0.3 is 5.32 Å². The minimum Gasteiger partial charge on any atom is -0.320 e. The van der Waals surface area contributed by atoms with Gasteiger partial charge in [-0.3, -0.25) is 4.79 Å². The minimum atomic E-state index is -3.44. The molecule has 1 aromatic carbocycles. The van der Waals surface area contributed by atoms with Gasteiger partial charge in [-0.25, -0.2) is 8.42 Å². The van der Waals surface area contributed by atoms with Gasteiger partial charge in [0.2, 0.25) is 16.1 Å². The summed E-state index contributed by atoms with van der Waals surface area (Å²) in [6.45, 7) is 6.98. The van der Waals surface area contributed by atoms with Crippen molar-refractivity contribution in [3.63, 3.8) is 0 Å². The average molecular weight is 389 g/mol. The lowest BCUT2D eigenvalue weighted by atomic mass is 10.2. The molecule has 1 aliphatic heterocycles. The Balaban J connectivity index is 1.72. The number of carbonyl (C=O) groups is 1. The summed E-state index contributed by atoms with van der Waals surface area (Å²) in [6.07, 6.45) is 3.70. The van der Waals surface area contributed by atoms with Gasteiger partial charge in [0, 0.05) is 44.3 Å². The molecule has 0 aliphatic carbocycles. The molecule has 2 heterocycles. The van der Waals surface area contributed by atoms with Crippen molar-refractivity contribution in [1.82, 2.24) is 4.31 Å². The highest BCUT2D eigenvalue weighted by Gasteiger charge is 2.28. The van der Waals surface area contributed by atoms with E-state index >= 15 is 0 Å². The third kappa shape index (κ3) is 4.04. The highest BCUT2D eigenvalue weighted by Crippen LogP contribution is 2.22. The van der Waals surface area contributed by atoms with Crippen molar-refractivity contribution in [1.29, 1.82) is 0 Å². The average Bonchev–Trinajstić information content (AvgIpc) is 3.19. The second-order valence-electron chi connectivity index (χ2n) is 6.98. The molecular weight excluding hydrogens is 362 g/mol. The number of nitrogens with one attached hydrogen (secondary N) is 1. The molecule has 1 atom stereocenters. The SMILES string of the molecule is Cc1ccc[n+]([C@H](C)C(=O)Nc2ccc(S(=O)(=O)N3CCCC3)cc2)c1C. The summed E-state index contributed by atoms with van der Waals surface area (Å²) in [7, 11) is -3.44. The first kappa shape index (κ1) is 19.5. The summed E-state index contributed by atoms with van der Waals surface area (Å²) < 4.78 is 28.6. The van der Waals surface area contributed by atoms with Gasteiger partial charge in [-0.1, -0.05) is 0 Å². The van der Waals surface area contributed by atoms with Crippen LogP contribution in [0.5, 0.6) is 0 Å². The van der Waals surface area contributed by atoms with E-state index in [1.54, 1.807) is 24.3 Å². The molecule has 3 rings (SSSR count). The summed E-state index contributed by atoms with van der Waals surface area (Å²) in [5.74, 6) is -0.149. The number of aryl methyl sites for hydroxylation is 1. The summed E-state index contributed by atoms with van der Waals surface area (Å²) in [5, 5.41) is 2.87. The molecule has 7 heteroatoms. The van der Waals surface area contributed by atoms with E-state index < -0.39 is 10.0 Å². The maximum atomic E-state index is 12.6. The normalized spacial score (nSPS) is 16.3. The molecule has 0 unspecified atom stereocenters. The van der Waals surface area contributed by atoms with Crippen molar-refractivity contribution in [3.8, 4) is 0 Å². The van der Waals surface area contributed by atoms with E-state index in [0.29, 0.717) is 18.8 Å². The van der Waals surface area contributed by atoms with Gasteiger partial charge in [0.25, 0.3) is 5.91 Å². The second-order valence-corrected chi connectivity index (χ2v) is 8.92. The Bertz CT molecular complexity index is 933. The molecule has 0 radical (unpaired) electrons. The Morgan fingerprint density at radius 2 is 1.74 bits per heavy atom.